The van der Waals surface area contributed by atoms with Crippen LogP contribution in [0.25, 0.3) is 0 Å². The van der Waals surface area contributed by atoms with Gasteiger partial charge in [-0.15, -0.1) is 0 Å². The zero-order valence-corrected chi connectivity index (χ0v) is 15.1. The summed E-state index contributed by atoms with van der Waals surface area (Å²) in [6.45, 7) is 4.06. The van der Waals surface area contributed by atoms with Crippen molar-refractivity contribution in [2.45, 2.75) is 19.9 Å². The van der Waals surface area contributed by atoms with Crippen molar-refractivity contribution in [1.29, 1.82) is 0 Å². The third kappa shape index (κ3) is 4.94. The van der Waals surface area contributed by atoms with Gasteiger partial charge >= 0.3 is 5.97 Å². The summed E-state index contributed by atoms with van der Waals surface area (Å²) < 4.78 is 4.99. The predicted molar refractivity (Wildman–Crippen MR) is 102 cm³/mol. The van der Waals surface area contributed by atoms with Crippen molar-refractivity contribution in [3.63, 3.8) is 0 Å². The summed E-state index contributed by atoms with van der Waals surface area (Å²) in [4.78, 5) is 11.9. The van der Waals surface area contributed by atoms with Gasteiger partial charge in [0.2, 0.25) is 0 Å². The molecule has 126 valence electrons. The Morgan fingerprint density at radius 3 is 2.62 bits per heavy atom. The quantitative estimate of drug-likeness (QED) is 0.603. The van der Waals surface area contributed by atoms with Crippen molar-refractivity contribution in [2.75, 3.05) is 11.9 Å². The number of benzene rings is 2. The molecule has 0 unspecified atom stereocenters. The number of carbonyl (C=O) groups excluding carboxylic acids is 1. The Balaban J connectivity index is 2.04. The Kier molecular flexibility index (Phi) is 6.58. The molecular weight excluding hydrogens is 344 g/mol. The molecule has 0 amide bonds. The summed E-state index contributed by atoms with van der Waals surface area (Å²) in [5.41, 5.74) is 2.10. The monoisotopic (exact) mass is 362 g/mol. The van der Waals surface area contributed by atoms with Gasteiger partial charge in [0.1, 0.15) is 0 Å². The van der Waals surface area contributed by atoms with Crippen molar-refractivity contribution in [2.24, 2.45) is 0 Å². The van der Waals surface area contributed by atoms with Gasteiger partial charge in [-0.1, -0.05) is 41.9 Å². The molecular formula is C18H19ClN2O2S. The molecule has 0 bridgehead atoms. The second-order valence-electron chi connectivity index (χ2n) is 5.15. The van der Waals surface area contributed by atoms with Gasteiger partial charge in [-0.3, -0.25) is 0 Å². The minimum atomic E-state index is -0.456. The Hall–Kier alpha value is -2.11. The number of hydrogen-bond donors (Lipinski definition) is 2. The predicted octanol–water partition coefficient (Wildman–Crippen LogP) is 4.56. The molecule has 2 rings (SSSR count). The molecule has 0 aliphatic rings. The molecule has 1 atom stereocenters. The van der Waals surface area contributed by atoms with Crippen molar-refractivity contribution in [3.05, 3.63) is 64.7 Å². The molecule has 2 N–H and O–H groups in total. The van der Waals surface area contributed by atoms with Crippen LogP contribution in [0.2, 0.25) is 5.02 Å². The zero-order chi connectivity index (χ0) is 17.5. The van der Waals surface area contributed by atoms with Crippen molar-refractivity contribution in [1.82, 2.24) is 5.32 Å². The molecule has 4 nitrogen and oxygen atoms in total. The van der Waals surface area contributed by atoms with Gasteiger partial charge in [-0.05, 0) is 49.8 Å². The first-order valence-electron chi connectivity index (χ1n) is 7.60. The van der Waals surface area contributed by atoms with Gasteiger partial charge in [0.15, 0.2) is 5.11 Å². The Labute approximate surface area is 152 Å². The summed E-state index contributed by atoms with van der Waals surface area (Å²) in [7, 11) is 0. The van der Waals surface area contributed by atoms with E-state index in [0.29, 0.717) is 28.0 Å². The van der Waals surface area contributed by atoms with Crippen molar-refractivity contribution < 1.29 is 9.53 Å². The molecule has 0 saturated heterocycles. The zero-order valence-electron chi connectivity index (χ0n) is 13.5. The third-order valence-electron chi connectivity index (χ3n) is 3.37. The topological polar surface area (TPSA) is 50.4 Å². The Morgan fingerprint density at radius 2 is 1.96 bits per heavy atom. The molecule has 0 radical (unpaired) electrons. The second kappa shape index (κ2) is 8.66. The maximum absolute atomic E-state index is 11.9. The lowest BCUT2D eigenvalue weighted by atomic mass is 10.1. The standard InChI is InChI=1S/C18H19ClN2O2S/c1-3-23-17(22)15-11-14(9-10-16(15)19)21-18(24)20-12(2)13-7-5-4-6-8-13/h4-12H,3H2,1-2H3,(H2,20,21,24)/t12-/m0/s1. The van der Waals surface area contributed by atoms with E-state index < -0.39 is 5.97 Å². The largest absolute Gasteiger partial charge is 0.462 e. The fraction of sp³-hybridized carbons (Fsp3) is 0.222. The van der Waals surface area contributed by atoms with Crippen LogP contribution in [0.4, 0.5) is 5.69 Å². The van der Waals surface area contributed by atoms with Gasteiger partial charge in [-0.25, -0.2) is 4.79 Å². The maximum atomic E-state index is 11.9. The fourth-order valence-corrected chi connectivity index (χ4v) is 2.65. The molecule has 0 heterocycles. The van der Waals surface area contributed by atoms with E-state index in [-0.39, 0.29) is 6.04 Å². The fourth-order valence-electron chi connectivity index (χ4n) is 2.16. The van der Waals surface area contributed by atoms with E-state index in [1.165, 1.54) is 0 Å². The summed E-state index contributed by atoms with van der Waals surface area (Å²) in [5, 5.41) is 7.07. The van der Waals surface area contributed by atoms with E-state index in [1.54, 1.807) is 25.1 Å². The van der Waals surface area contributed by atoms with Crippen LogP contribution in [0.3, 0.4) is 0 Å². The lowest BCUT2D eigenvalue weighted by Gasteiger charge is -2.17. The minimum absolute atomic E-state index is 0.0584. The summed E-state index contributed by atoms with van der Waals surface area (Å²) in [6, 6.07) is 15.1. The highest BCUT2D eigenvalue weighted by Gasteiger charge is 2.13. The highest BCUT2D eigenvalue weighted by molar-refractivity contribution is 7.80. The van der Waals surface area contributed by atoms with Crippen LogP contribution in [0.5, 0.6) is 0 Å². The Bertz CT molecular complexity index is 722. The summed E-state index contributed by atoms with van der Waals surface area (Å²) >= 11 is 11.4. The van der Waals surface area contributed by atoms with Gasteiger partial charge in [-0.2, -0.15) is 0 Å². The number of rotatable bonds is 5. The first-order valence-corrected chi connectivity index (χ1v) is 8.39. The Morgan fingerprint density at radius 1 is 1.25 bits per heavy atom. The summed E-state index contributed by atoms with van der Waals surface area (Å²) in [5.74, 6) is -0.456. The van der Waals surface area contributed by atoms with Crippen LogP contribution < -0.4 is 10.6 Å². The lowest BCUT2D eigenvalue weighted by molar-refractivity contribution is 0.0526. The van der Waals surface area contributed by atoms with Gasteiger partial charge < -0.3 is 15.4 Å². The lowest BCUT2D eigenvalue weighted by Crippen LogP contribution is -2.30. The van der Waals surface area contributed by atoms with E-state index >= 15 is 0 Å². The molecule has 2 aromatic rings. The minimum Gasteiger partial charge on any atom is -0.462 e. The van der Waals surface area contributed by atoms with E-state index in [4.69, 9.17) is 28.6 Å². The number of esters is 1. The van der Waals surface area contributed by atoms with Crippen molar-refractivity contribution >= 4 is 40.6 Å². The number of anilines is 1. The number of ether oxygens (including phenoxy) is 1. The van der Waals surface area contributed by atoms with Gasteiger partial charge in [0.25, 0.3) is 0 Å². The van der Waals surface area contributed by atoms with E-state index in [9.17, 15) is 4.79 Å². The number of thiocarbonyl (C=S) groups is 1. The average molecular weight is 363 g/mol. The van der Waals surface area contributed by atoms with Crippen LogP contribution >= 0.6 is 23.8 Å². The SMILES string of the molecule is CCOC(=O)c1cc(NC(=S)N[C@@H](C)c2ccccc2)ccc1Cl. The molecule has 0 aromatic heterocycles. The molecule has 6 heteroatoms. The number of hydrogen-bond acceptors (Lipinski definition) is 3. The highest BCUT2D eigenvalue weighted by Crippen LogP contribution is 2.22. The average Bonchev–Trinajstić information content (AvgIpc) is 2.57. The van der Waals surface area contributed by atoms with Crippen LogP contribution in [0.15, 0.2) is 48.5 Å². The van der Waals surface area contributed by atoms with Gasteiger partial charge in [0, 0.05) is 5.69 Å². The van der Waals surface area contributed by atoms with E-state index in [2.05, 4.69) is 10.6 Å². The number of nitrogens with one attached hydrogen (secondary N) is 2. The molecule has 24 heavy (non-hydrogen) atoms. The first kappa shape index (κ1) is 18.2. The third-order valence-corrected chi connectivity index (χ3v) is 3.92. The molecule has 2 aromatic carbocycles. The first-order chi connectivity index (χ1) is 11.5. The summed E-state index contributed by atoms with van der Waals surface area (Å²) in [6.07, 6.45) is 0. The molecule has 0 spiro atoms. The van der Waals surface area contributed by atoms with Crippen LogP contribution in [-0.4, -0.2) is 17.7 Å². The number of halogens is 1. The number of carbonyl (C=O) groups is 1. The van der Waals surface area contributed by atoms with Crippen LogP contribution in [-0.2, 0) is 4.74 Å². The van der Waals surface area contributed by atoms with Crippen molar-refractivity contribution in [3.8, 4) is 0 Å². The van der Waals surface area contributed by atoms with Crippen LogP contribution in [0.1, 0.15) is 35.8 Å². The van der Waals surface area contributed by atoms with E-state index in [0.717, 1.165) is 5.56 Å². The molecule has 0 aliphatic carbocycles. The van der Waals surface area contributed by atoms with Crippen LogP contribution in [0, 0.1) is 0 Å². The van der Waals surface area contributed by atoms with E-state index in [1.807, 2.05) is 37.3 Å². The highest BCUT2D eigenvalue weighted by atomic mass is 35.5. The molecule has 0 fully saturated rings. The van der Waals surface area contributed by atoms with Gasteiger partial charge in [0.05, 0.1) is 23.2 Å². The normalized spacial score (nSPS) is 11.5. The smallest absolute Gasteiger partial charge is 0.339 e. The second-order valence-corrected chi connectivity index (χ2v) is 5.96. The molecule has 0 aliphatic heterocycles. The maximum Gasteiger partial charge on any atom is 0.339 e. The molecule has 0 saturated carbocycles.